The van der Waals surface area contributed by atoms with E-state index in [0.717, 1.165) is 92.2 Å². The molecule has 7 aromatic heterocycles. The molecule has 11 nitrogen and oxygen atoms in total. The number of pyridine rings is 5. The summed E-state index contributed by atoms with van der Waals surface area (Å²) in [6, 6.07) is 80.4. The minimum Gasteiger partial charge on any atom is -0.493 e. The van der Waals surface area contributed by atoms with E-state index < -0.39 is 0 Å². The van der Waals surface area contributed by atoms with Crippen LogP contribution in [0.15, 0.2) is 283 Å². The Balaban J connectivity index is 0.000000679. The molecule has 2 N–H and O–H groups in total. The number of H-pyrrole nitrogens is 2. The van der Waals surface area contributed by atoms with Crippen LogP contribution in [-0.4, -0.2) is 48.3 Å². The molecule has 16 aromatic rings. The number of hydrogen-bond donors (Lipinski definition) is 2. The molecule has 0 fully saturated rings. The number of rotatable bonds is 0. The van der Waals surface area contributed by atoms with E-state index in [0.29, 0.717) is 6.79 Å². The van der Waals surface area contributed by atoms with Gasteiger partial charge in [0.1, 0.15) is 5.75 Å². The Kier molecular flexibility index (Phi) is 59.3. The standard InChI is InChI=1S/C10H9NO.2C10H9N.C10H10.C10H12.C9H8N2.C9H9N.C9H10O.C8H7NS.C8H8O2.10C2H6/c1-7-6-8-4-2-3-5-9(8)11-10(7)12;1-8-4-5-9-3-2-6-11-10(9)7-8;1-8-6-9-4-2-3-5-10(9)11-7-8;1-8-6-9-4-2-3-5-10(9)7-8;1-8-6-7-9-4-2-3-5-10(8)9;1-7-2-3-8-6-10-5-4-9(8)11-7;1-7-6-10-9-5-3-2-4-8(7)9;1-7-2-3-9-8(6-7)4-5-10-9;2*1-6-2-3-7-8(4-6)10-5-9-7;10*1-2/h2-6H,1H3,(H,11,12);2*2-7H,1H3;2-6H,7H2,1H3;2-5,8H,6-7H2,1H3;2-6H,1H3;2-6,10H,1H3;2-3,6H,4-5H2,1H3;2-5H,1H3;2-4H,5H2,1H3;10*1-2H3. The van der Waals surface area contributed by atoms with Gasteiger partial charge in [-0.3, -0.25) is 24.7 Å². The lowest BCUT2D eigenvalue weighted by Gasteiger charge is -2.01. The monoisotopic (exact) mass is 1700 g/mol. The molecule has 12 heteroatoms. The van der Waals surface area contributed by atoms with E-state index in [2.05, 4.69) is 229 Å². The summed E-state index contributed by atoms with van der Waals surface area (Å²) >= 11 is 1.69. The van der Waals surface area contributed by atoms with Crippen LogP contribution in [0.1, 0.15) is 237 Å². The van der Waals surface area contributed by atoms with Gasteiger partial charge in [0.15, 0.2) is 11.5 Å². The minimum absolute atomic E-state index is 0.00583. The molecular formula is C113H151N7O4S. The number of para-hydroxylation sites is 3. The number of aromatic nitrogens is 7. The van der Waals surface area contributed by atoms with Crippen LogP contribution < -0.4 is 19.8 Å². The summed E-state index contributed by atoms with van der Waals surface area (Å²) in [5.41, 5.74) is 26.5. The first-order chi connectivity index (χ1) is 61.0. The first-order valence-corrected chi connectivity index (χ1v) is 46.6. The first-order valence-electron chi connectivity index (χ1n) is 45.7. The van der Waals surface area contributed by atoms with Crippen molar-refractivity contribution in [3.8, 4) is 17.2 Å². The molecule has 0 radical (unpaired) electrons. The highest BCUT2D eigenvalue weighted by atomic mass is 32.1. The molecule has 1 atom stereocenters. The smallest absolute Gasteiger partial charge is 0.251 e. The van der Waals surface area contributed by atoms with Gasteiger partial charge >= 0.3 is 0 Å². The highest BCUT2D eigenvalue weighted by Gasteiger charge is 2.17. The second kappa shape index (κ2) is 66.7. The molecule has 20 rings (SSSR count). The molecule has 4 aliphatic rings. The van der Waals surface area contributed by atoms with Crippen molar-refractivity contribution >= 4 is 82.1 Å². The zero-order valence-corrected chi connectivity index (χ0v) is 82.5. The van der Waals surface area contributed by atoms with Crippen molar-refractivity contribution in [3.63, 3.8) is 0 Å². The minimum atomic E-state index is -0.00583. The van der Waals surface area contributed by atoms with Gasteiger partial charge in [0.2, 0.25) is 6.79 Å². The summed E-state index contributed by atoms with van der Waals surface area (Å²) in [7, 11) is 0. The molecule has 0 saturated carbocycles. The predicted molar refractivity (Wildman–Crippen MR) is 552 cm³/mol. The lowest BCUT2D eigenvalue weighted by atomic mass is 10.0. The third-order valence-corrected chi connectivity index (χ3v) is 18.9. The van der Waals surface area contributed by atoms with Gasteiger partial charge in [-0.05, 0) is 240 Å². The zero-order chi connectivity index (χ0) is 93.4. The Morgan fingerprint density at radius 1 is 0.392 bits per heavy atom. The second-order valence-electron chi connectivity index (χ2n) is 26.7. The van der Waals surface area contributed by atoms with Crippen LogP contribution in [0.2, 0.25) is 0 Å². The molecule has 9 heterocycles. The van der Waals surface area contributed by atoms with Crippen LogP contribution in [0.3, 0.4) is 0 Å². The Bertz CT molecular complexity index is 5400. The highest BCUT2D eigenvalue weighted by molar-refractivity contribution is 7.16. The number of fused-ring (bicyclic) bond motifs is 10. The molecule has 2 aliphatic heterocycles. The van der Waals surface area contributed by atoms with Crippen LogP contribution in [-0.2, 0) is 19.3 Å². The molecule has 9 aromatic carbocycles. The molecule has 0 spiro atoms. The average Bonchev–Trinajstić information content (AvgIpc) is 1.82. The molecule has 668 valence electrons. The number of benzene rings is 9. The lowest BCUT2D eigenvalue weighted by molar-refractivity contribution is 0.174. The van der Waals surface area contributed by atoms with Crippen LogP contribution >= 0.6 is 11.3 Å². The largest absolute Gasteiger partial charge is 0.493 e. The number of allylic oxidation sites excluding steroid dienone is 1. The maximum absolute atomic E-state index is 11.2. The average molecular weight is 1700 g/mol. The van der Waals surface area contributed by atoms with Gasteiger partial charge in [-0.2, -0.15) is 0 Å². The highest BCUT2D eigenvalue weighted by Crippen LogP contribution is 2.33. The van der Waals surface area contributed by atoms with Crippen molar-refractivity contribution in [2.45, 2.75) is 239 Å². The number of hydrogen-bond acceptors (Lipinski definition) is 10. The quantitative estimate of drug-likeness (QED) is 0.152. The fourth-order valence-corrected chi connectivity index (χ4v) is 13.2. The topological polar surface area (TPSA) is 141 Å². The number of thiazole rings is 1. The Morgan fingerprint density at radius 3 is 1.66 bits per heavy atom. The molecule has 0 bridgehead atoms. The third-order valence-electron chi connectivity index (χ3n) is 18.1. The van der Waals surface area contributed by atoms with Gasteiger partial charge in [-0.15, -0.1) is 11.3 Å². The SMILES string of the molecule is CC.CC.CC.CC.CC.CC.CC.CC.CC.CC.CC1=Cc2ccccc2C1.CC1CCc2ccccc21.Cc1c[nH]c2ccccc12.Cc1cc2ccccc2[nH]c1=O.Cc1ccc2c(c1)CCO2.Cc1ccc2c(c1)OCO2.Cc1ccc2cccnc2c1.Cc1ccc2cnccc2n1.Cc1ccc2ncsc2c1.Cc1cnc2ccccc2c1. The molecule has 2 aliphatic carbocycles. The molecular weight excluding hydrogens is 1550 g/mol. The lowest BCUT2D eigenvalue weighted by Crippen LogP contribution is -2.08. The number of aryl methyl sites for hydroxylation is 9. The summed E-state index contributed by atoms with van der Waals surface area (Å²) in [4.78, 5) is 38.2. The second-order valence-corrected chi connectivity index (χ2v) is 27.6. The van der Waals surface area contributed by atoms with Crippen LogP contribution in [0.5, 0.6) is 17.2 Å². The first kappa shape index (κ1) is 111. The van der Waals surface area contributed by atoms with E-state index in [1.54, 1.807) is 28.7 Å². The zero-order valence-electron chi connectivity index (χ0n) is 81.7. The number of ether oxygens (including phenoxy) is 3. The van der Waals surface area contributed by atoms with E-state index in [-0.39, 0.29) is 5.56 Å². The van der Waals surface area contributed by atoms with Gasteiger partial charge in [0, 0.05) is 81.2 Å². The van der Waals surface area contributed by atoms with Crippen LogP contribution in [0, 0.1) is 55.4 Å². The number of aromatic amines is 2. The van der Waals surface area contributed by atoms with Gasteiger partial charge in [-0.25, -0.2) is 4.98 Å². The Labute approximate surface area is 757 Å². The maximum atomic E-state index is 11.2. The fraction of sp³-hybridized carbons (Fsp3) is 0.327. The molecule has 1 unspecified atom stereocenters. The number of nitrogens with zero attached hydrogens (tertiary/aromatic N) is 5. The summed E-state index contributed by atoms with van der Waals surface area (Å²) in [5, 5.41) is 5.92. The van der Waals surface area contributed by atoms with Crippen molar-refractivity contribution in [3.05, 3.63) is 361 Å². The summed E-state index contributed by atoms with van der Waals surface area (Å²) in [5.74, 6) is 3.59. The van der Waals surface area contributed by atoms with Crippen LogP contribution in [0.4, 0.5) is 0 Å². The Morgan fingerprint density at radius 2 is 0.968 bits per heavy atom. The number of nitrogens with one attached hydrogen (secondary N) is 2. The van der Waals surface area contributed by atoms with E-state index in [1.165, 1.54) is 94.9 Å². The molecule has 0 amide bonds. The normalized spacial score (nSPS) is 11.1. The van der Waals surface area contributed by atoms with E-state index in [9.17, 15) is 4.79 Å². The summed E-state index contributed by atoms with van der Waals surface area (Å²) in [6.45, 7) is 62.0. The fourth-order valence-electron chi connectivity index (χ4n) is 12.4. The van der Waals surface area contributed by atoms with E-state index in [4.69, 9.17) is 14.2 Å². The van der Waals surface area contributed by atoms with Gasteiger partial charge in [0.25, 0.3) is 5.56 Å². The van der Waals surface area contributed by atoms with E-state index >= 15 is 0 Å². The third kappa shape index (κ3) is 38.8. The Hall–Kier alpha value is -11.9. The molecule has 125 heavy (non-hydrogen) atoms. The molecule has 0 saturated heterocycles. The van der Waals surface area contributed by atoms with Gasteiger partial charge in [0.05, 0.1) is 38.9 Å². The maximum Gasteiger partial charge on any atom is 0.251 e. The van der Waals surface area contributed by atoms with Gasteiger partial charge in [-0.1, -0.05) is 308 Å². The van der Waals surface area contributed by atoms with Crippen LogP contribution in [0.25, 0.3) is 70.8 Å². The van der Waals surface area contributed by atoms with Gasteiger partial charge < -0.3 is 24.2 Å². The summed E-state index contributed by atoms with van der Waals surface area (Å²) < 4.78 is 16.9. The van der Waals surface area contributed by atoms with Crippen molar-refractivity contribution in [1.82, 2.24) is 34.9 Å². The van der Waals surface area contributed by atoms with Crippen molar-refractivity contribution in [2.24, 2.45) is 0 Å². The summed E-state index contributed by atoms with van der Waals surface area (Å²) in [6.07, 6.45) is 16.4. The van der Waals surface area contributed by atoms with E-state index in [1.807, 2.05) is 287 Å². The van der Waals surface area contributed by atoms with Crippen molar-refractivity contribution < 1.29 is 14.2 Å². The predicted octanol–water partition coefficient (Wildman–Crippen LogP) is 33.2. The van der Waals surface area contributed by atoms with Crippen molar-refractivity contribution in [1.29, 1.82) is 0 Å². The van der Waals surface area contributed by atoms with Crippen molar-refractivity contribution in [2.75, 3.05) is 13.4 Å².